The zero-order valence-corrected chi connectivity index (χ0v) is 16.4. The third kappa shape index (κ3) is 11.9. The monoisotopic (exact) mass is 339 g/mol. The number of unbranched alkanes of at least 4 members (excludes halogenated alkanes) is 12. The lowest BCUT2D eigenvalue weighted by Crippen LogP contribution is -2.22. The highest BCUT2D eigenvalue weighted by atomic mass is 16.5. The number of rotatable bonds is 15. The van der Waals surface area contributed by atoms with Crippen LogP contribution in [0.15, 0.2) is 0 Å². The van der Waals surface area contributed by atoms with Gasteiger partial charge in [0, 0.05) is 19.5 Å². The molecule has 1 atom stereocenters. The average Bonchev–Trinajstić information content (AvgIpc) is 2.96. The van der Waals surface area contributed by atoms with Gasteiger partial charge in [0.05, 0.1) is 0 Å². The van der Waals surface area contributed by atoms with Gasteiger partial charge in [-0.1, -0.05) is 84.0 Å². The molecule has 1 rings (SSSR count). The molecule has 0 aromatic heterocycles. The van der Waals surface area contributed by atoms with Gasteiger partial charge in [0.15, 0.2) is 0 Å². The Morgan fingerprint density at radius 3 is 1.83 bits per heavy atom. The second-order valence-corrected chi connectivity index (χ2v) is 7.66. The van der Waals surface area contributed by atoms with E-state index in [1.54, 1.807) is 0 Å². The van der Waals surface area contributed by atoms with E-state index >= 15 is 0 Å². The highest BCUT2D eigenvalue weighted by molar-refractivity contribution is 5.69. The van der Waals surface area contributed by atoms with Crippen molar-refractivity contribution in [2.75, 3.05) is 20.1 Å². The average molecular weight is 340 g/mol. The molecule has 24 heavy (non-hydrogen) atoms. The molecule has 3 heteroatoms. The van der Waals surface area contributed by atoms with E-state index in [9.17, 15) is 4.79 Å². The summed E-state index contributed by atoms with van der Waals surface area (Å²) in [4.78, 5) is 14.0. The second-order valence-electron chi connectivity index (χ2n) is 7.66. The van der Waals surface area contributed by atoms with Crippen LogP contribution in [0, 0.1) is 0 Å². The number of hydrogen-bond donors (Lipinski definition) is 0. The molecule has 142 valence electrons. The fraction of sp³-hybridized carbons (Fsp3) is 0.952. The van der Waals surface area contributed by atoms with E-state index < -0.39 is 0 Å². The molecule has 1 heterocycles. The predicted molar refractivity (Wildman–Crippen MR) is 102 cm³/mol. The number of likely N-dealkylation sites (N-methyl/N-ethyl adjacent to an activating group) is 1. The summed E-state index contributed by atoms with van der Waals surface area (Å²) in [6.45, 7) is 4.23. The van der Waals surface area contributed by atoms with Crippen LogP contribution in [0.4, 0.5) is 0 Å². The lowest BCUT2D eigenvalue weighted by molar-refractivity contribution is -0.148. The molecular formula is C21H41NO2. The molecule has 0 amide bonds. The Kier molecular flexibility index (Phi) is 13.2. The summed E-state index contributed by atoms with van der Waals surface area (Å²) in [7, 11) is 2.08. The van der Waals surface area contributed by atoms with Crippen LogP contribution < -0.4 is 0 Å². The summed E-state index contributed by atoms with van der Waals surface area (Å²) < 4.78 is 5.51. The number of likely N-dealkylation sites (tertiary alicyclic amines) is 1. The summed E-state index contributed by atoms with van der Waals surface area (Å²) in [5, 5.41) is 0. The molecule has 1 unspecified atom stereocenters. The third-order valence-electron chi connectivity index (χ3n) is 5.13. The standard InChI is InChI=1S/C21H41NO2/c1-3-4-5-6-7-8-9-10-11-12-13-14-15-16-21(23)24-20-17-18-22(2)19-20/h20H,3-19H2,1-2H3. The van der Waals surface area contributed by atoms with Crippen molar-refractivity contribution in [3.8, 4) is 0 Å². The van der Waals surface area contributed by atoms with Crippen LogP contribution in [0.3, 0.4) is 0 Å². The molecule has 1 fully saturated rings. The Hall–Kier alpha value is -0.570. The van der Waals surface area contributed by atoms with E-state index in [0.29, 0.717) is 6.42 Å². The van der Waals surface area contributed by atoms with Gasteiger partial charge >= 0.3 is 5.97 Å². The Morgan fingerprint density at radius 2 is 1.38 bits per heavy atom. The lowest BCUT2D eigenvalue weighted by Gasteiger charge is -2.12. The number of nitrogens with zero attached hydrogens (tertiary/aromatic N) is 1. The number of ether oxygens (including phenoxy) is 1. The Morgan fingerprint density at radius 1 is 0.875 bits per heavy atom. The van der Waals surface area contributed by atoms with Crippen LogP contribution in [0.25, 0.3) is 0 Å². The van der Waals surface area contributed by atoms with Crippen molar-refractivity contribution in [1.82, 2.24) is 4.90 Å². The highest BCUT2D eigenvalue weighted by Gasteiger charge is 2.22. The molecule has 0 saturated carbocycles. The maximum atomic E-state index is 11.8. The van der Waals surface area contributed by atoms with Crippen molar-refractivity contribution >= 4 is 5.97 Å². The van der Waals surface area contributed by atoms with Gasteiger partial charge in [-0.25, -0.2) is 0 Å². The van der Waals surface area contributed by atoms with Crippen LogP contribution in [0.2, 0.25) is 0 Å². The predicted octanol–water partition coefficient (Wildman–Crippen LogP) is 5.72. The third-order valence-corrected chi connectivity index (χ3v) is 5.13. The van der Waals surface area contributed by atoms with Gasteiger partial charge in [-0.05, 0) is 19.9 Å². The number of hydrogen-bond acceptors (Lipinski definition) is 3. The van der Waals surface area contributed by atoms with Crippen molar-refractivity contribution in [2.24, 2.45) is 0 Å². The van der Waals surface area contributed by atoms with Gasteiger partial charge < -0.3 is 9.64 Å². The zero-order chi connectivity index (χ0) is 17.5. The molecule has 0 bridgehead atoms. The minimum atomic E-state index is 0.0124. The highest BCUT2D eigenvalue weighted by Crippen LogP contribution is 2.14. The van der Waals surface area contributed by atoms with E-state index in [0.717, 1.165) is 25.9 Å². The number of esters is 1. The molecular weight excluding hydrogens is 298 g/mol. The van der Waals surface area contributed by atoms with Gasteiger partial charge in [-0.2, -0.15) is 0 Å². The number of carbonyl (C=O) groups is 1. The molecule has 1 aliphatic rings. The van der Waals surface area contributed by atoms with Gasteiger partial charge in [0.2, 0.25) is 0 Å². The molecule has 0 aromatic rings. The number of carbonyl (C=O) groups excluding carboxylic acids is 1. The fourth-order valence-corrected chi connectivity index (χ4v) is 3.52. The van der Waals surface area contributed by atoms with Crippen molar-refractivity contribution in [2.45, 2.75) is 109 Å². The Balaban J connectivity index is 1.76. The molecule has 0 aromatic carbocycles. The summed E-state index contributed by atoms with van der Waals surface area (Å²) in [5.74, 6) is 0.0124. The smallest absolute Gasteiger partial charge is 0.306 e. The maximum Gasteiger partial charge on any atom is 0.306 e. The van der Waals surface area contributed by atoms with E-state index in [4.69, 9.17) is 4.74 Å². The Labute approximate surface area is 150 Å². The molecule has 1 saturated heterocycles. The first kappa shape index (κ1) is 21.5. The van der Waals surface area contributed by atoms with Crippen molar-refractivity contribution < 1.29 is 9.53 Å². The van der Waals surface area contributed by atoms with E-state index in [1.807, 2.05) is 0 Å². The van der Waals surface area contributed by atoms with Crippen molar-refractivity contribution in [3.05, 3.63) is 0 Å². The van der Waals surface area contributed by atoms with Crippen LogP contribution in [0.5, 0.6) is 0 Å². The van der Waals surface area contributed by atoms with Crippen LogP contribution in [-0.4, -0.2) is 37.1 Å². The molecule has 1 aliphatic heterocycles. The molecule has 0 aliphatic carbocycles. The molecule has 0 spiro atoms. The first-order valence-corrected chi connectivity index (χ1v) is 10.6. The topological polar surface area (TPSA) is 29.5 Å². The SMILES string of the molecule is CCCCCCCCCCCCCCCC(=O)OC1CCN(C)C1. The zero-order valence-electron chi connectivity index (χ0n) is 16.4. The van der Waals surface area contributed by atoms with Crippen LogP contribution >= 0.6 is 0 Å². The normalized spacial score (nSPS) is 18.2. The van der Waals surface area contributed by atoms with Gasteiger partial charge in [0.1, 0.15) is 6.10 Å². The van der Waals surface area contributed by atoms with Gasteiger partial charge in [0.25, 0.3) is 0 Å². The van der Waals surface area contributed by atoms with Gasteiger partial charge in [-0.3, -0.25) is 4.79 Å². The minimum absolute atomic E-state index is 0.0124. The summed E-state index contributed by atoms with van der Waals surface area (Å²) >= 11 is 0. The van der Waals surface area contributed by atoms with Crippen LogP contribution in [-0.2, 0) is 9.53 Å². The molecule has 0 radical (unpaired) electrons. The first-order chi connectivity index (χ1) is 11.7. The van der Waals surface area contributed by atoms with Gasteiger partial charge in [-0.15, -0.1) is 0 Å². The van der Waals surface area contributed by atoms with E-state index in [2.05, 4.69) is 18.9 Å². The first-order valence-electron chi connectivity index (χ1n) is 10.6. The second kappa shape index (κ2) is 14.7. The quantitative estimate of drug-likeness (QED) is 0.282. The van der Waals surface area contributed by atoms with E-state index in [-0.39, 0.29) is 12.1 Å². The lowest BCUT2D eigenvalue weighted by atomic mass is 10.0. The summed E-state index contributed by atoms with van der Waals surface area (Å²) in [6.07, 6.45) is 19.2. The summed E-state index contributed by atoms with van der Waals surface area (Å²) in [5.41, 5.74) is 0. The van der Waals surface area contributed by atoms with E-state index in [1.165, 1.54) is 77.0 Å². The fourth-order valence-electron chi connectivity index (χ4n) is 3.52. The Bertz CT molecular complexity index is 306. The molecule has 0 N–H and O–H groups in total. The molecule has 3 nitrogen and oxygen atoms in total. The maximum absolute atomic E-state index is 11.8. The largest absolute Gasteiger partial charge is 0.461 e. The minimum Gasteiger partial charge on any atom is -0.461 e. The van der Waals surface area contributed by atoms with Crippen molar-refractivity contribution in [1.29, 1.82) is 0 Å². The van der Waals surface area contributed by atoms with Crippen molar-refractivity contribution in [3.63, 3.8) is 0 Å². The van der Waals surface area contributed by atoms with Crippen LogP contribution in [0.1, 0.15) is 103 Å². The summed E-state index contributed by atoms with van der Waals surface area (Å²) in [6, 6.07) is 0.